The third kappa shape index (κ3) is 6.37. The smallest absolute Gasteiger partial charge is 0.417 e. The van der Waals surface area contributed by atoms with E-state index in [1.54, 1.807) is 0 Å². The molecular weight excluding hydrogens is 435 g/mol. The lowest BCUT2D eigenvalue weighted by Crippen LogP contribution is -2.25. The maximum absolute atomic E-state index is 12.9. The molecular formula is C25H30F3NO2S. The molecule has 0 saturated heterocycles. The minimum Gasteiger partial charge on any atom is -0.512 e. The minimum absolute atomic E-state index is 0.0167. The number of hydrogen-bond acceptors (Lipinski definition) is 4. The molecule has 2 unspecified atom stereocenters. The van der Waals surface area contributed by atoms with Crippen molar-refractivity contribution in [3.63, 3.8) is 0 Å². The Morgan fingerprint density at radius 1 is 1.16 bits per heavy atom. The predicted molar refractivity (Wildman–Crippen MR) is 124 cm³/mol. The van der Waals surface area contributed by atoms with Crippen molar-refractivity contribution >= 4 is 23.1 Å². The summed E-state index contributed by atoms with van der Waals surface area (Å²) in [5.41, 5.74) is 1.49. The number of carbonyl (C=O) groups is 1. The van der Waals surface area contributed by atoms with E-state index in [1.807, 2.05) is 52.0 Å². The number of carbonyl (C=O) groups excluding carboxylic acids is 1. The second kappa shape index (κ2) is 11.5. The van der Waals surface area contributed by atoms with Gasteiger partial charge in [-0.3, -0.25) is 4.79 Å². The molecule has 0 amide bonds. The number of hydrogen-bond donors (Lipinski definition) is 1. The maximum Gasteiger partial charge on any atom is 0.417 e. The molecule has 7 heteroatoms. The van der Waals surface area contributed by atoms with E-state index in [0.717, 1.165) is 29.8 Å². The van der Waals surface area contributed by atoms with Crippen LogP contribution in [0.1, 0.15) is 57.2 Å². The minimum atomic E-state index is -4.40. The first-order valence-electron chi connectivity index (χ1n) is 10.9. The average Bonchev–Trinajstić information content (AvgIpc) is 2.78. The molecule has 0 fully saturated rings. The van der Waals surface area contributed by atoms with Crippen molar-refractivity contribution in [2.24, 2.45) is 11.8 Å². The quantitative estimate of drug-likeness (QED) is 0.453. The van der Waals surface area contributed by atoms with E-state index in [-0.39, 0.29) is 23.4 Å². The van der Waals surface area contributed by atoms with Crippen LogP contribution in [0.2, 0.25) is 0 Å². The summed E-state index contributed by atoms with van der Waals surface area (Å²) in [5, 5.41) is 11.2. The van der Waals surface area contributed by atoms with Crippen molar-refractivity contribution in [2.75, 3.05) is 5.75 Å². The molecule has 1 heterocycles. The molecule has 1 aromatic carbocycles. The Morgan fingerprint density at radius 2 is 1.84 bits per heavy atom. The standard InChI is InChI=1S/C23H24F3NO2S.C2H6/c1-3-15-6-4-5-7-18(15)22-19(28)10-16(11-20(22)29)14(2)13-30-21-9-8-17(12-27-21)23(24,25)26;1-2/h4-9,12,14,16,28H,3,10-11,13H2,1-2H3;1-2H3. The molecule has 1 aliphatic rings. The number of halogens is 3. The van der Waals surface area contributed by atoms with Gasteiger partial charge in [-0.25, -0.2) is 4.98 Å². The molecule has 3 rings (SSSR count). The Kier molecular flexibility index (Phi) is 9.37. The lowest BCUT2D eigenvalue weighted by molar-refractivity contribution is -0.137. The van der Waals surface area contributed by atoms with Crippen LogP contribution in [0.3, 0.4) is 0 Å². The number of Topliss-reactive ketones (excluding diaryl/α,β-unsaturated/α-hetero) is 1. The lowest BCUT2D eigenvalue weighted by Gasteiger charge is -2.28. The van der Waals surface area contributed by atoms with Crippen LogP contribution in [0.25, 0.3) is 5.57 Å². The molecule has 1 aromatic heterocycles. The van der Waals surface area contributed by atoms with Crippen LogP contribution < -0.4 is 0 Å². The number of ketones is 1. The summed E-state index contributed by atoms with van der Waals surface area (Å²) in [6.45, 7) is 8.01. The van der Waals surface area contributed by atoms with Gasteiger partial charge < -0.3 is 5.11 Å². The van der Waals surface area contributed by atoms with Crippen LogP contribution in [-0.4, -0.2) is 21.6 Å². The molecule has 32 heavy (non-hydrogen) atoms. The predicted octanol–water partition coefficient (Wildman–Crippen LogP) is 7.37. The van der Waals surface area contributed by atoms with Gasteiger partial charge in [-0.05, 0) is 41.5 Å². The van der Waals surface area contributed by atoms with Gasteiger partial charge >= 0.3 is 6.18 Å². The molecule has 0 bridgehead atoms. The zero-order valence-electron chi connectivity index (χ0n) is 18.9. The summed E-state index contributed by atoms with van der Waals surface area (Å²) < 4.78 is 37.9. The zero-order valence-corrected chi connectivity index (χ0v) is 19.7. The number of alkyl halides is 3. The number of allylic oxidation sites excluding steroid dienone is 2. The molecule has 3 nitrogen and oxygen atoms in total. The molecule has 2 aromatic rings. The van der Waals surface area contributed by atoms with Gasteiger partial charge in [0, 0.05) is 24.8 Å². The van der Waals surface area contributed by atoms with Crippen molar-refractivity contribution in [1.82, 2.24) is 4.98 Å². The number of nitrogens with zero attached hydrogens (tertiary/aromatic N) is 1. The fourth-order valence-corrected chi connectivity index (χ4v) is 4.69. The zero-order chi connectivity index (χ0) is 23.9. The monoisotopic (exact) mass is 465 g/mol. The number of thioether (sulfide) groups is 1. The number of aryl methyl sites for hydroxylation is 1. The molecule has 174 valence electrons. The summed E-state index contributed by atoms with van der Waals surface area (Å²) >= 11 is 1.36. The molecule has 1 aliphatic carbocycles. The summed E-state index contributed by atoms with van der Waals surface area (Å²) in [7, 11) is 0. The van der Waals surface area contributed by atoms with Crippen LogP contribution in [0.4, 0.5) is 13.2 Å². The van der Waals surface area contributed by atoms with Crippen LogP contribution in [0.5, 0.6) is 0 Å². The summed E-state index contributed by atoms with van der Waals surface area (Å²) in [5.74, 6) is 0.741. The van der Waals surface area contributed by atoms with Gasteiger partial charge in [0.25, 0.3) is 0 Å². The van der Waals surface area contributed by atoms with Gasteiger partial charge in [-0.1, -0.05) is 52.0 Å². The van der Waals surface area contributed by atoms with E-state index in [0.29, 0.717) is 29.2 Å². The maximum atomic E-state index is 12.9. The summed E-state index contributed by atoms with van der Waals surface area (Å²) in [6, 6.07) is 10.0. The normalized spacial score (nSPS) is 17.6. The highest BCUT2D eigenvalue weighted by Gasteiger charge is 2.33. The van der Waals surface area contributed by atoms with Crippen LogP contribution in [0, 0.1) is 11.8 Å². The molecule has 0 aliphatic heterocycles. The first-order valence-corrected chi connectivity index (χ1v) is 11.9. The molecule has 0 spiro atoms. The number of pyridine rings is 1. The first-order chi connectivity index (χ1) is 15.2. The molecule has 0 saturated carbocycles. The number of aliphatic hydroxyl groups excluding tert-OH is 1. The Morgan fingerprint density at radius 3 is 2.41 bits per heavy atom. The van der Waals surface area contributed by atoms with E-state index in [4.69, 9.17) is 0 Å². The Balaban J connectivity index is 0.00000176. The van der Waals surface area contributed by atoms with Gasteiger partial charge in [0.05, 0.1) is 16.2 Å². The van der Waals surface area contributed by atoms with E-state index in [1.165, 1.54) is 17.8 Å². The van der Waals surface area contributed by atoms with Crippen molar-refractivity contribution in [3.8, 4) is 0 Å². The van der Waals surface area contributed by atoms with Crippen molar-refractivity contribution in [1.29, 1.82) is 0 Å². The topological polar surface area (TPSA) is 50.2 Å². The molecule has 1 N–H and O–H groups in total. The highest BCUT2D eigenvalue weighted by Crippen LogP contribution is 2.38. The number of aromatic nitrogens is 1. The molecule has 2 atom stereocenters. The van der Waals surface area contributed by atoms with Gasteiger partial charge in [-0.2, -0.15) is 13.2 Å². The van der Waals surface area contributed by atoms with Crippen LogP contribution in [0.15, 0.2) is 53.4 Å². The van der Waals surface area contributed by atoms with Gasteiger partial charge in [0.15, 0.2) is 5.78 Å². The number of aliphatic hydroxyl groups is 1. The largest absolute Gasteiger partial charge is 0.512 e. The lowest BCUT2D eigenvalue weighted by atomic mass is 9.78. The van der Waals surface area contributed by atoms with E-state index in [9.17, 15) is 23.1 Å². The third-order valence-corrected chi connectivity index (χ3v) is 6.73. The van der Waals surface area contributed by atoms with Crippen molar-refractivity contribution in [3.05, 3.63) is 65.0 Å². The van der Waals surface area contributed by atoms with Crippen LogP contribution >= 0.6 is 11.8 Å². The van der Waals surface area contributed by atoms with E-state index in [2.05, 4.69) is 4.98 Å². The summed E-state index contributed by atoms with van der Waals surface area (Å²) in [6.07, 6.45) is -2.02. The highest BCUT2D eigenvalue weighted by molar-refractivity contribution is 7.99. The second-order valence-corrected chi connectivity index (χ2v) is 8.64. The van der Waals surface area contributed by atoms with Gasteiger partial charge in [0.1, 0.15) is 5.76 Å². The fraction of sp³-hybridized carbons (Fsp3) is 0.440. The fourth-order valence-electron chi connectivity index (χ4n) is 3.69. The number of benzene rings is 1. The van der Waals surface area contributed by atoms with E-state index < -0.39 is 11.7 Å². The second-order valence-electron chi connectivity index (χ2n) is 7.60. The Labute approximate surface area is 192 Å². The SMILES string of the molecule is CC.CCc1ccccc1C1=C(O)CC(C(C)CSc2ccc(C(F)(F)F)cn2)CC1=O. The number of rotatable bonds is 6. The first kappa shape index (κ1) is 26.0. The van der Waals surface area contributed by atoms with Crippen LogP contribution in [-0.2, 0) is 17.4 Å². The third-order valence-electron chi connectivity index (χ3n) is 5.50. The summed E-state index contributed by atoms with van der Waals surface area (Å²) in [4.78, 5) is 16.7. The Bertz CT molecular complexity index is 939. The van der Waals surface area contributed by atoms with Crippen molar-refractivity contribution in [2.45, 2.75) is 58.2 Å². The van der Waals surface area contributed by atoms with Gasteiger partial charge in [-0.15, -0.1) is 11.8 Å². The van der Waals surface area contributed by atoms with Gasteiger partial charge in [0.2, 0.25) is 0 Å². The average molecular weight is 466 g/mol. The molecule has 0 radical (unpaired) electrons. The Hall–Kier alpha value is -2.28. The highest BCUT2D eigenvalue weighted by atomic mass is 32.2. The van der Waals surface area contributed by atoms with Crippen molar-refractivity contribution < 1.29 is 23.1 Å². The van der Waals surface area contributed by atoms with E-state index >= 15 is 0 Å².